The second-order valence-corrected chi connectivity index (χ2v) is 6.58. The molecule has 3 rings (SSSR count). The summed E-state index contributed by atoms with van der Waals surface area (Å²) < 4.78 is 0. The standard InChI is InChI=1S/C19H20ClN3O2/c20-15-7-8-17(21-12-15)19(25)22-16-10-11-23(13-16)18(24)9-6-14-4-2-1-3-5-14/h1-5,7-8,12,16H,6,9-11,13H2,(H,22,25)/t16-/m1/s1. The average Bonchev–Trinajstić information content (AvgIpc) is 3.09. The van der Waals surface area contributed by atoms with E-state index in [0.717, 1.165) is 18.4 Å². The van der Waals surface area contributed by atoms with Crippen LogP contribution in [0.15, 0.2) is 48.7 Å². The average molecular weight is 358 g/mol. The molecule has 0 radical (unpaired) electrons. The number of likely N-dealkylation sites (tertiary alicyclic amines) is 1. The van der Waals surface area contributed by atoms with Gasteiger partial charge in [-0.3, -0.25) is 9.59 Å². The molecule has 1 atom stereocenters. The highest BCUT2D eigenvalue weighted by molar-refractivity contribution is 6.30. The van der Waals surface area contributed by atoms with Crippen molar-refractivity contribution in [3.8, 4) is 0 Å². The predicted molar refractivity (Wildman–Crippen MR) is 96.5 cm³/mol. The first-order chi connectivity index (χ1) is 12.1. The number of hydrogen-bond donors (Lipinski definition) is 1. The van der Waals surface area contributed by atoms with E-state index in [1.165, 1.54) is 6.20 Å². The first kappa shape index (κ1) is 17.4. The van der Waals surface area contributed by atoms with Gasteiger partial charge in [-0.2, -0.15) is 0 Å². The number of rotatable bonds is 5. The predicted octanol–water partition coefficient (Wildman–Crippen LogP) is 2.70. The van der Waals surface area contributed by atoms with Gasteiger partial charge in [0.1, 0.15) is 5.69 Å². The number of carbonyl (C=O) groups is 2. The van der Waals surface area contributed by atoms with Crippen molar-refractivity contribution >= 4 is 23.4 Å². The van der Waals surface area contributed by atoms with Gasteiger partial charge in [0.25, 0.3) is 5.91 Å². The van der Waals surface area contributed by atoms with E-state index in [1.807, 2.05) is 35.2 Å². The van der Waals surface area contributed by atoms with Crippen molar-refractivity contribution in [1.29, 1.82) is 0 Å². The zero-order valence-corrected chi connectivity index (χ0v) is 14.6. The molecule has 1 N–H and O–H groups in total. The monoisotopic (exact) mass is 357 g/mol. The molecule has 1 aliphatic heterocycles. The van der Waals surface area contributed by atoms with Crippen molar-refractivity contribution in [2.45, 2.75) is 25.3 Å². The van der Waals surface area contributed by atoms with Crippen molar-refractivity contribution in [3.05, 3.63) is 64.9 Å². The molecule has 0 unspecified atom stereocenters. The van der Waals surface area contributed by atoms with Crippen LogP contribution in [-0.4, -0.2) is 40.8 Å². The van der Waals surface area contributed by atoms with E-state index >= 15 is 0 Å². The number of aromatic nitrogens is 1. The van der Waals surface area contributed by atoms with Gasteiger partial charge in [0, 0.05) is 31.7 Å². The van der Waals surface area contributed by atoms with Crippen LogP contribution in [0.1, 0.15) is 28.9 Å². The number of nitrogens with one attached hydrogen (secondary N) is 1. The molecule has 5 nitrogen and oxygen atoms in total. The van der Waals surface area contributed by atoms with Crippen LogP contribution in [0.5, 0.6) is 0 Å². The Balaban J connectivity index is 1.47. The largest absolute Gasteiger partial charge is 0.346 e. The lowest BCUT2D eigenvalue weighted by Crippen LogP contribution is -2.38. The molecule has 2 amide bonds. The maximum Gasteiger partial charge on any atom is 0.270 e. The minimum Gasteiger partial charge on any atom is -0.346 e. The summed E-state index contributed by atoms with van der Waals surface area (Å²) in [5.41, 5.74) is 1.49. The van der Waals surface area contributed by atoms with Gasteiger partial charge in [0.05, 0.1) is 5.02 Å². The van der Waals surface area contributed by atoms with Crippen LogP contribution in [-0.2, 0) is 11.2 Å². The fraction of sp³-hybridized carbons (Fsp3) is 0.316. The Morgan fingerprint density at radius 1 is 1.20 bits per heavy atom. The number of halogens is 1. The van der Waals surface area contributed by atoms with Crippen LogP contribution in [0.25, 0.3) is 0 Å². The van der Waals surface area contributed by atoms with Gasteiger partial charge in [-0.25, -0.2) is 4.98 Å². The minimum absolute atomic E-state index is 0.0364. The van der Waals surface area contributed by atoms with E-state index in [4.69, 9.17) is 11.6 Å². The zero-order chi connectivity index (χ0) is 17.6. The summed E-state index contributed by atoms with van der Waals surface area (Å²) in [6, 6.07) is 13.2. The highest BCUT2D eigenvalue weighted by Gasteiger charge is 2.27. The maximum atomic E-state index is 12.3. The molecule has 6 heteroatoms. The zero-order valence-electron chi connectivity index (χ0n) is 13.8. The Kier molecular flexibility index (Phi) is 5.66. The molecule has 130 valence electrons. The van der Waals surface area contributed by atoms with Gasteiger partial charge in [-0.05, 0) is 30.5 Å². The SMILES string of the molecule is O=C(N[C@@H]1CCN(C(=O)CCc2ccccc2)C1)c1ccc(Cl)cn1. The third-order valence-corrected chi connectivity index (χ3v) is 4.53. The lowest BCUT2D eigenvalue weighted by atomic mass is 10.1. The number of carbonyl (C=O) groups excluding carboxylic acids is 2. The highest BCUT2D eigenvalue weighted by atomic mass is 35.5. The van der Waals surface area contributed by atoms with Crippen LogP contribution in [0.4, 0.5) is 0 Å². The van der Waals surface area contributed by atoms with Crippen LogP contribution in [0.2, 0.25) is 5.02 Å². The van der Waals surface area contributed by atoms with Gasteiger partial charge in [-0.15, -0.1) is 0 Å². The van der Waals surface area contributed by atoms with E-state index < -0.39 is 0 Å². The number of benzene rings is 1. The Labute approximate surface area is 152 Å². The number of pyridine rings is 1. The summed E-state index contributed by atoms with van der Waals surface area (Å²) in [4.78, 5) is 30.4. The molecule has 1 aliphatic rings. The van der Waals surface area contributed by atoms with Crippen molar-refractivity contribution in [1.82, 2.24) is 15.2 Å². The van der Waals surface area contributed by atoms with Crippen LogP contribution < -0.4 is 5.32 Å². The summed E-state index contributed by atoms with van der Waals surface area (Å²) in [6.45, 7) is 1.22. The molecule has 0 bridgehead atoms. The van der Waals surface area contributed by atoms with Gasteiger partial charge in [-0.1, -0.05) is 41.9 Å². The van der Waals surface area contributed by atoms with E-state index in [-0.39, 0.29) is 17.9 Å². The van der Waals surface area contributed by atoms with Gasteiger partial charge in [0.2, 0.25) is 5.91 Å². The highest BCUT2D eigenvalue weighted by Crippen LogP contribution is 2.13. The van der Waals surface area contributed by atoms with E-state index in [1.54, 1.807) is 12.1 Å². The summed E-state index contributed by atoms with van der Waals surface area (Å²) in [6.07, 6.45) is 3.44. The van der Waals surface area contributed by atoms with Crippen molar-refractivity contribution in [2.75, 3.05) is 13.1 Å². The minimum atomic E-state index is -0.236. The number of aryl methyl sites for hydroxylation is 1. The fourth-order valence-corrected chi connectivity index (χ4v) is 3.04. The smallest absolute Gasteiger partial charge is 0.270 e. The normalized spacial score (nSPS) is 16.7. The molecule has 25 heavy (non-hydrogen) atoms. The molecule has 2 aromatic rings. The molecule has 0 saturated carbocycles. The summed E-state index contributed by atoms with van der Waals surface area (Å²) in [5, 5.41) is 3.43. The quantitative estimate of drug-likeness (QED) is 0.894. The van der Waals surface area contributed by atoms with Crippen molar-refractivity contribution < 1.29 is 9.59 Å². The molecule has 1 fully saturated rings. The maximum absolute atomic E-state index is 12.3. The Bertz CT molecular complexity index is 734. The number of nitrogens with zero attached hydrogens (tertiary/aromatic N) is 2. The second kappa shape index (κ2) is 8.12. The first-order valence-corrected chi connectivity index (χ1v) is 8.74. The molecular weight excluding hydrogens is 338 g/mol. The molecule has 1 aromatic carbocycles. The van der Waals surface area contributed by atoms with Crippen LogP contribution in [0, 0.1) is 0 Å². The van der Waals surface area contributed by atoms with Gasteiger partial charge < -0.3 is 10.2 Å². The van der Waals surface area contributed by atoms with Crippen molar-refractivity contribution in [2.24, 2.45) is 0 Å². The van der Waals surface area contributed by atoms with E-state index in [0.29, 0.717) is 30.2 Å². The molecular formula is C19H20ClN3O2. The third-order valence-electron chi connectivity index (χ3n) is 4.31. The van der Waals surface area contributed by atoms with Crippen molar-refractivity contribution in [3.63, 3.8) is 0 Å². The second-order valence-electron chi connectivity index (χ2n) is 6.15. The Morgan fingerprint density at radius 2 is 2.00 bits per heavy atom. The van der Waals surface area contributed by atoms with Crippen LogP contribution >= 0.6 is 11.6 Å². The molecule has 2 heterocycles. The lowest BCUT2D eigenvalue weighted by molar-refractivity contribution is -0.130. The van der Waals surface area contributed by atoms with Crippen LogP contribution in [0.3, 0.4) is 0 Å². The Hall–Kier alpha value is -2.40. The fourth-order valence-electron chi connectivity index (χ4n) is 2.93. The first-order valence-electron chi connectivity index (χ1n) is 8.36. The molecule has 0 spiro atoms. The van der Waals surface area contributed by atoms with E-state index in [9.17, 15) is 9.59 Å². The number of hydrogen-bond acceptors (Lipinski definition) is 3. The van der Waals surface area contributed by atoms with Gasteiger partial charge in [0.15, 0.2) is 0 Å². The lowest BCUT2D eigenvalue weighted by Gasteiger charge is -2.17. The Morgan fingerprint density at radius 3 is 2.72 bits per heavy atom. The molecule has 1 aromatic heterocycles. The van der Waals surface area contributed by atoms with Gasteiger partial charge >= 0.3 is 0 Å². The summed E-state index contributed by atoms with van der Waals surface area (Å²) >= 11 is 5.78. The third kappa shape index (κ3) is 4.79. The molecule has 0 aliphatic carbocycles. The van der Waals surface area contributed by atoms with E-state index in [2.05, 4.69) is 10.3 Å². The summed E-state index contributed by atoms with van der Waals surface area (Å²) in [5.74, 6) is -0.106. The molecule has 1 saturated heterocycles. The topological polar surface area (TPSA) is 62.3 Å². The number of amides is 2. The summed E-state index contributed by atoms with van der Waals surface area (Å²) in [7, 11) is 0.